The third-order valence-corrected chi connectivity index (χ3v) is 6.77. The lowest BCUT2D eigenvalue weighted by molar-refractivity contribution is 0.165. The van der Waals surface area contributed by atoms with Crippen molar-refractivity contribution >= 4 is 5.71 Å². The molecule has 0 aliphatic carbocycles. The first-order chi connectivity index (χ1) is 16.2. The molecule has 6 nitrogen and oxygen atoms in total. The first-order valence-electron chi connectivity index (χ1n) is 11.4. The molecular weight excluding hydrogens is 414 g/mol. The number of benzene rings is 2. The number of nitrogens with zero attached hydrogens (tertiary/aromatic N) is 3. The Labute approximate surface area is 194 Å². The van der Waals surface area contributed by atoms with Gasteiger partial charge in [-0.05, 0) is 59.9 Å². The molecule has 1 aromatic heterocycles. The number of pyridine rings is 1. The van der Waals surface area contributed by atoms with Crippen LogP contribution < -0.4 is 9.47 Å². The van der Waals surface area contributed by atoms with Crippen LogP contribution >= 0.6 is 0 Å². The molecule has 6 heteroatoms. The molecular formula is C27H29N3O3. The third-order valence-electron chi connectivity index (χ3n) is 6.77. The maximum Gasteiger partial charge on any atom is 0.161 e. The van der Waals surface area contributed by atoms with Gasteiger partial charge in [0.2, 0.25) is 0 Å². The van der Waals surface area contributed by atoms with Crippen LogP contribution in [-0.2, 0) is 13.0 Å². The van der Waals surface area contributed by atoms with E-state index < -0.39 is 0 Å². The molecule has 0 unspecified atom stereocenters. The Morgan fingerprint density at radius 1 is 1.12 bits per heavy atom. The molecule has 3 aromatic rings. The lowest BCUT2D eigenvalue weighted by atomic mass is 9.80. The Morgan fingerprint density at radius 3 is 2.73 bits per heavy atom. The summed E-state index contributed by atoms with van der Waals surface area (Å²) in [6, 6.07) is 18.6. The van der Waals surface area contributed by atoms with Gasteiger partial charge in [-0.25, -0.2) is 0 Å². The van der Waals surface area contributed by atoms with Gasteiger partial charge in [0.25, 0.3) is 0 Å². The molecule has 2 atom stereocenters. The van der Waals surface area contributed by atoms with E-state index in [1.54, 1.807) is 7.11 Å². The number of ether oxygens (including phenoxy) is 2. The number of oxime groups is 1. The number of aromatic nitrogens is 1. The molecule has 5 rings (SSSR count). The zero-order valence-electron chi connectivity index (χ0n) is 19.1. The van der Waals surface area contributed by atoms with Gasteiger partial charge in [0, 0.05) is 31.7 Å². The summed E-state index contributed by atoms with van der Waals surface area (Å²) in [7, 11) is 1.68. The molecule has 2 aliphatic rings. The molecule has 0 amide bonds. The van der Waals surface area contributed by atoms with E-state index in [0.717, 1.165) is 53.5 Å². The van der Waals surface area contributed by atoms with Crippen molar-refractivity contribution in [2.45, 2.75) is 38.3 Å². The van der Waals surface area contributed by atoms with Gasteiger partial charge in [-0.15, -0.1) is 0 Å². The maximum atomic E-state index is 9.85. The molecule has 3 heterocycles. The summed E-state index contributed by atoms with van der Waals surface area (Å²) in [6.45, 7) is 4.29. The number of hydrogen-bond donors (Lipinski definition) is 1. The smallest absolute Gasteiger partial charge is 0.161 e. The lowest BCUT2D eigenvalue weighted by Crippen LogP contribution is -2.45. The Balaban J connectivity index is 1.41. The van der Waals surface area contributed by atoms with Crippen LogP contribution in [0.25, 0.3) is 0 Å². The fourth-order valence-electron chi connectivity index (χ4n) is 5.03. The summed E-state index contributed by atoms with van der Waals surface area (Å²) >= 11 is 0. The van der Waals surface area contributed by atoms with Crippen molar-refractivity contribution in [1.82, 2.24) is 9.88 Å². The normalized spacial score (nSPS) is 21.3. The van der Waals surface area contributed by atoms with Crippen molar-refractivity contribution < 1.29 is 14.7 Å². The van der Waals surface area contributed by atoms with Crippen LogP contribution in [0.4, 0.5) is 0 Å². The van der Waals surface area contributed by atoms with Gasteiger partial charge in [0.15, 0.2) is 11.5 Å². The van der Waals surface area contributed by atoms with Crippen LogP contribution in [0.5, 0.6) is 11.5 Å². The zero-order chi connectivity index (χ0) is 22.8. The summed E-state index contributed by atoms with van der Waals surface area (Å²) in [5.74, 6) is 1.50. The van der Waals surface area contributed by atoms with Crippen LogP contribution in [-0.4, -0.2) is 41.0 Å². The Morgan fingerprint density at radius 2 is 1.97 bits per heavy atom. The summed E-state index contributed by atoms with van der Waals surface area (Å²) in [5.41, 5.74) is 6.53. The fourth-order valence-corrected chi connectivity index (χ4v) is 5.03. The molecule has 170 valence electrons. The van der Waals surface area contributed by atoms with Crippen LogP contribution in [0.15, 0.2) is 65.9 Å². The zero-order valence-corrected chi connectivity index (χ0v) is 19.1. The van der Waals surface area contributed by atoms with Crippen LogP contribution in [0.1, 0.15) is 46.3 Å². The molecule has 0 radical (unpaired) electrons. The second-order valence-electron chi connectivity index (χ2n) is 8.84. The molecule has 0 spiro atoms. The number of rotatable bonds is 5. The fraction of sp³-hybridized carbons (Fsp3) is 0.333. The Kier molecular flexibility index (Phi) is 6.01. The number of methoxy groups -OCH3 is 1. The predicted molar refractivity (Wildman–Crippen MR) is 127 cm³/mol. The monoisotopic (exact) mass is 443 g/mol. The number of fused-ring (bicyclic) bond motifs is 3. The summed E-state index contributed by atoms with van der Waals surface area (Å²) < 4.78 is 11.8. The largest absolute Gasteiger partial charge is 0.493 e. The SMILES string of the molecule is COc1cc2c(cc1OCc1ccccc1)CCN1C[C@H](c3cc(C)ccn3)C(=NO)C[C@H]21. The molecule has 2 aliphatic heterocycles. The van der Waals surface area contributed by atoms with Gasteiger partial charge in [0.05, 0.1) is 24.4 Å². The molecule has 0 saturated carbocycles. The molecule has 1 N–H and O–H groups in total. The van der Waals surface area contributed by atoms with Crippen LogP contribution in [0, 0.1) is 6.92 Å². The average molecular weight is 444 g/mol. The summed E-state index contributed by atoms with van der Waals surface area (Å²) in [6.07, 6.45) is 3.44. The number of aryl methyl sites for hydroxylation is 1. The van der Waals surface area contributed by atoms with Crippen LogP contribution in [0.2, 0.25) is 0 Å². The Bertz CT molecular complexity index is 1160. The highest BCUT2D eigenvalue weighted by molar-refractivity contribution is 5.92. The van der Waals surface area contributed by atoms with Crippen molar-refractivity contribution in [1.29, 1.82) is 0 Å². The van der Waals surface area contributed by atoms with Gasteiger partial charge in [-0.1, -0.05) is 35.5 Å². The van der Waals surface area contributed by atoms with Gasteiger partial charge >= 0.3 is 0 Å². The predicted octanol–water partition coefficient (Wildman–Crippen LogP) is 4.89. The Hall–Kier alpha value is -3.38. The highest BCUT2D eigenvalue weighted by Gasteiger charge is 2.39. The third kappa shape index (κ3) is 4.31. The molecule has 0 bridgehead atoms. The summed E-state index contributed by atoms with van der Waals surface area (Å²) in [4.78, 5) is 7.05. The molecule has 1 fully saturated rings. The quantitative estimate of drug-likeness (QED) is 0.449. The van der Waals surface area contributed by atoms with Crippen molar-refractivity contribution in [2.24, 2.45) is 5.16 Å². The standard InChI is InChI=1S/C27H29N3O3/c1-18-8-10-28-23(12-18)22-16-30-11-9-20-13-27(33-17-19-6-4-3-5-7-19)26(32-2)14-21(20)25(30)15-24(22)29-31/h3-8,10,12-14,22,25,31H,9,11,15-17H2,1-2H3/t22-,25-/m1/s1. The van der Waals surface area contributed by atoms with Crippen LogP contribution in [0.3, 0.4) is 0 Å². The van der Waals surface area contributed by atoms with Crippen molar-refractivity contribution in [2.75, 3.05) is 20.2 Å². The van der Waals surface area contributed by atoms with E-state index in [0.29, 0.717) is 13.0 Å². The van der Waals surface area contributed by atoms with Crippen molar-refractivity contribution in [3.8, 4) is 11.5 Å². The number of hydrogen-bond acceptors (Lipinski definition) is 6. The molecule has 33 heavy (non-hydrogen) atoms. The van der Waals surface area contributed by atoms with Crippen molar-refractivity contribution in [3.05, 3.63) is 88.7 Å². The van der Waals surface area contributed by atoms with Gasteiger partial charge in [-0.2, -0.15) is 0 Å². The van der Waals surface area contributed by atoms with E-state index in [2.05, 4.69) is 52.3 Å². The van der Waals surface area contributed by atoms with E-state index in [1.165, 1.54) is 11.1 Å². The van der Waals surface area contributed by atoms with E-state index >= 15 is 0 Å². The average Bonchev–Trinajstić information content (AvgIpc) is 2.86. The van der Waals surface area contributed by atoms with E-state index in [4.69, 9.17) is 9.47 Å². The second-order valence-corrected chi connectivity index (χ2v) is 8.84. The minimum absolute atomic E-state index is 0.00285. The first kappa shape index (κ1) is 21.5. The molecule has 2 aromatic carbocycles. The maximum absolute atomic E-state index is 9.85. The summed E-state index contributed by atoms with van der Waals surface area (Å²) in [5, 5.41) is 13.6. The molecule has 1 saturated heterocycles. The van der Waals surface area contributed by atoms with Crippen molar-refractivity contribution in [3.63, 3.8) is 0 Å². The van der Waals surface area contributed by atoms with Gasteiger partial charge in [-0.3, -0.25) is 9.88 Å². The van der Waals surface area contributed by atoms with Gasteiger partial charge in [0.1, 0.15) is 6.61 Å². The van der Waals surface area contributed by atoms with E-state index in [-0.39, 0.29) is 12.0 Å². The topological polar surface area (TPSA) is 67.2 Å². The highest BCUT2D eigenvalue weighted by atomic mass is 16.5. The van der Waals surface area contributed by atoms with Gasteiger partial charge < -0.3 is 14.7 Å². The second kappa shape index (κ2) is 9.24. The highest BCUT2D eigenvalue weighted by Crippen LogP contribution is 2.43. The first-order valence-corrected chi connectivity index (χ1v) is 11.4. The number of piperidine rings is 1. The minimum atomic E-state index is 0.00285. The van der Waals surface area contributed by atoms with E-state index in [9.17, 15) is 5.21 Å². The lowest BCUT2D eigenvalue weighted by Gasteiger charge is -2.43. The van der Waals surface area contributed by atoms with E-state index in [1.807, 2.05) is 30.5 Å². The minimum Gasteiger partial charge on any atom is -0.493 e.